The van der Waals surface area contributed by atoms with Crippen LogP contribution in [0.25, 0.3) is 0 Å². The average molecular weight is 551 g/mol. The van der Waals surface area contributed by atoms with Gasteiger partial charge in [0.1, 0.15) is 0 Å². The van der Waals surface area contributed by atoms with Crippen molar-refractivity contribution in [3.63, 3.8) is 0 Å². The third-order valence-electron chi connectivity index (χ3n) is 10.9. The van der Waals surface area contributed by atoms with Gasteiger partial charge in [0, 0.05) is 0 Å². The van der Waals surface area contributed by atoms with Crippen molar-refractivity contribution in [2.24, 2.45) is 58.2 Å². The van der Waals surface area contributed by atoms with Gasteiger partial charge in [-0.15, -0.1) is 0 Å². The molecule has 2 rings (SSSR count). The van der Waals surface area contributed by atoms with E-state index in [4.69, 9.17) is 0 Å². The molecule has 2 aliphatic carbocycles. The molecule has 0 aromatic rings. The Morgan fingerprint density at radius 1 is 0.625 bits per heavy atom. The van der Waals surface area contributed by atoms with Crippen LogP contribution in [-0.4, -0.2) is 0 Å². The Kier molecular flexibility index (Phi) is 15.1. The molecular formula is C40H70. The molecule has 0 aromatic heterocycles. The Hall–Kier alpha value is -1.04. The maximum atomic E-state index is 2.56. The van der Waals surface area contributed by atoms with E-state index in [1.54, 1.807) is 0 Å². The van der Waals surface area contributed by atoms with Crippen molar-refractivity contribution in [1.29, 1.82) is 0 Å². The van der Waals surface area contributed by atoms with E-state index in [2.05, 4.69) is 118 Å². The highest BCUT2D eigenvalue weighted by Gasteiger charge is 2.36. The summed E-state index contributed by atoms with van der Waals surface area (Å²) in [6.07, 6.45) is 35.6. The fourth-order valence-electron chi connectivity index (χ4n) is 7.98. The zero-order valence-corrected chi connectivity index (χ0v) is 28.7. The molecule has 0 heteroatoms. The molecule has 2 saturated carbocycles. The Morgan fingerprint density at radius 2 is 1.12 bits per heavy atom. The Labute approximate surface area is 252 Å². The molecular weight excluding hydrogens is 480 g/mol. The molecule has 40 heavy (non-hydrogen) atoms. The lowest BCUT2D eigenvalue weighted by molar-refractivity contribution is 0.0712. The highest BCUT2D eigenvalue weighted by Crippen LogP contribution is 2.47. The first kappa shape index (κ1) is 35.2. The van der Waals surface area contributed by atoms with Gasteiger partial charge in [-0.1, -0.05) is 150 Å². The SMILES string of the molecule is C[C@@H](C/C=C/[C@H](C)C/C=C/C[C@H](C)/C=C/C[C@H](C)/C=C/[C@@H]1[C@@H](C)CCCC1(C)C)CC[C@H]1[C@@H](C)CCCC1(C)C. The Morgan fingerprint density at radius 3 is 1.70 bits per heavy atom. The minimum absolute atomic E-state index is 0.459. The van der Waals surface area contributed by atoms with Crippen molar-refractivity contribution in [3.8, 4) is 0 Å². The van der Waals surface area contributed by atoms with Crippen LogP contribution in [0, 0.1) is 58.2 Å². The summed E-state index contributed by atoms with van der Waals surface area (Å²) in [6, 6.07) is 0. The number of hydrogen-bond acceptors (Lipinski definition) is 0. The summed E-state index contributed by atoms with van der Waals surface area (Å²) < 4.78 is 0. The van der Waals surface area contributed by atoms with Crippen LogP contribution in [0.5, 0.6) is 0 Å². The molecule has 2 fully saturated rings. The highest BCUT2D eigenvalue weighted by molar-refractivity contribution is 5.03. The van der Waals surface area contributed by atoms with Crippen LogP contribution in [0.2, 0.25) is 0 Å². The minimum atomic E-state index is 0.459. The van der Waals surface area contributed by atoms with Crippen molar-refractivity contribution in [2.75, 3.05) is 0 Å². The molecule has 0 nitrogen and oxygen atoms in total. The summed E-state index contributed by atoms with van der Waals surface area (Å²) >= 11 is 0. The zero-order chi connectivity index (χ0) is 29.8. The van der Waals surface area contributed by atoms with Gasteiger partial charge >= 0.3 is 0 Å². The molecule has 0 spiro atoms. The molecule has 0 amide bonds. The lowest BCUT2D eigenvalue weighted by atomic mass is 9.62. The third-order valence-corrected chi connectivity index (χ3v) is 10.9. The van der Waals surface area contributed by atoms with E-state index in [0.29, 0.717) is 28.6 Å². The van der Waals surface area contributed by atoms with E-state index in [1.807, 2.05) is 0 Å². The third kappa shape index (κ3) is 12.4. The van der Waals surface area contributed by atoms with E-state index < -0.39 is 0 Å². The van der Waals surface area contributed by atoms with Gasteiger partial charge in [0.15, 0.2) is 0 Å². The Balaban J connectivity index is 1.61. The molecule has 0 aromatic carbocycles. The number of hydrogen-bond donors (Lipinski definition) is 0. The monoisotopic (exact) mass is 551 g/mol. The van der Waals surface area contributed by atoms with Gasteiger partial charge in [-0.2, -0.15) is 0 Å². The second-order valence-electron chi connectivity index (χ2n) is 16.1. The van der Waals surface area contributed by atoms with Crippen LogP contribution in [-0.2, 0) is 0 Å². The van der Waals surface area contributed by atoms with Gasteiger partial charge in [-0.3, -0.25) is 0 Å². The summed E-state index contributed by atoms with van der Waals surface area (Å²) in [6.45, 7) is 24.5. The average Bonchev–Trinajstić information content (AvgIpc) is 2.85. The van der Waals surface area contributed by atoms with Crippen LogP contribution < -0.4 is 0 Å². The first-order valence-electron chi connectivity index (χ1n) is 17.5. The second kappa shape index (κ2) is 17.2. The van der Waals surface area contributed by atoms with Crippen LogP contribution in [0.4, 0.5) is 0 Å². The van der Waals surface area contributed by atoms with Gasteiger partial charge < -0.3 is 0 Å². The molecule has 0 heterocycles. The van der Waals surface area contributed by atoms with Crippen molar-refractivity contribution < 1.29 is 0 Å². The lowest BCUT2D eigenvalue weighted by Gasteiger charge is -2.43. The maximum Gasteiger partial charge on any atom is -0.0156 e. The molecule has 8 atom stereocenters. The first-order valence-corrected chi connectivity index (χ1v) is 17.5. The van der Waals surface area contributed by atoms with E-state index >= 15 is 0 Å². The van der Waals surface area contributed by atoms with Crippen molar-refractivity contribution in [3.05, 3.63) is 48.6 Å². The second-order valence-corrected chi connectivity index (χ2v) is 16.1. The topological polar surface area (TPSA) is 0 Å². The lowest BCUT2D eigenvalue weighted by Crippen LogP contribution is -2.33. The maximum absolute atomic E-state index is 2.56. The molecule has 2 aliphatic rings. The van der Waals surface area contributed by atoms with E-state index in [-0.39, 0.29) is 0 Å². The molecule has 230 valence electrons. The number of rotatable bonds is 15. The van der Waals surface area contributed by atoms with Crippen molar-refractivity contribution in [2.45, 2.75) is 146 Å². The summed E-state index contributed by atoms with van der Waals surface area (Å²) in [5, 5.41) is 0. The fraction of sp³-hybridized carbons (Fsp3) is 0.800. The predicted molar refractivity (Wildman–Crippen MR) is 181 cm³/mol. The smallest absolute Gasteiger partial charge is 0.0156 e. The summed E-state index contributed by atoms with van der Waals surface area (Å²) in [5.74, 6) is 6.06. The molecule has 0 bridgehead atoms. The van der Waals surface area contributed by atoms with Crippen LogP contribution in [0.3, 0.4) is 0 Å². The van der Waals surface area contributed by atoms with Gasteiger partial charge in [0.05, 0.1) is 0 Å². The molecule has 0 saturated heterocycles. The first-order chi connectivity index (χ1) is 18.8. The van der Waals surface area contributed by atoms with Crippen molar-refractivity contribution in [1.82, 2.24) is 0 Å². The van der Waals surface area contributed by atoms with Crippen LogP contribution in [0.1, 0.15) is 146 Å². The van der Waals surface area contributed by atoms with Gasteiger partial charge in [-0.05, 0) is 103 Å². The predicted octanol–water partition coefficient (Wildman–Crippen LogP) is 13.0. The standard InChI is InChI=1S/C40H70/c1-31(19-13-21-33(3)25-27-37-35(5)23-15-29-39(37,7)8)17-11-12-18-32(2)20-14-22-34(4)26-28-38-36(6)24-16-30-40(38,9)10/h11-14,19-20,25,27,31-38H,15-18,21-24,26,28-30H2,1-10H3/b12-11+,19-13+,20-14+,27-25+/t31-,32+,33-,34-,35-,36-,37+,38-/m0/s1. The van der Waals surface area contributed by atoms with Gasteiger partial charge in [0.2, 0.25) is 0 Å². The fourth-order valence-corrected chi connectivity index (χ4v) is 7.98. The molecule has 0 N–H and O–H groups in total. The van der Waals surface area contributed by atoms with Gasteiger partial charge in [-0.25, -0.2) is 0 Å². The molecule has 0 aliphatic heterocycles. The Bertz CT molecular complexity index is 804. The van der Waals surface area contributed by atoms with E-state index in [0.717, 1.165) is 48.9 Å². The molecule has 0 radical (unpaired) electrons. The summed E-state index contributed by atoms with van der Waals surface area (Å²) in [5.41, 5.74) is 1.00. The van der Waals surface area contributed by atoms with Crippen LogP contribution >= 0.6 is 0 Å². The molecule has 0 unspecified atom stereocenters. The quantitative estimate of drug-likeness (QED) is 0.178. The van der Waals surface area contributed by atoms with Crippen molar-refractivity contribution >= 4 is 0 Å². The summed E-state index contributed by atoms with van der Waals surface area (Å²) in [7, 11) is 0. The largest absolute Gasteiger partial charge is 0.0880 e. The van der Waals surface area contributed by atoms with E-state index in [9.17, 15) is 0 Å². The van der Waals surface area contributed by atoms with Gasteiger partial charge in [0.25, 0.3) is 0 Å². The minimum Gasteiger partial charge on any atom is -0.0880 e. The van der Waals surface area contributed by atoms with E-state index in [1.165, 1.54) is 57.8 Å². The highest BCUT2D eigenvalue weighted by atomic mass is 14.4. The number of allylic oxidation sites excluding steroid dienone is 8. The van der Waals surface area contributed by atoms with Crippen LogP contribution in [0.15, 0.2) is 48.6 Å². The normalized spacial score (nSPS) is 30.4. The zero-order valence-electron chi connectivity index (χ0n) is 28.7. The summed E-state index contributed by atoms with van der Waals surface area (Å²) in [4.78, 5) is 0.